The third-order valence-electron chi connectivity index (χ3n) is 7.15. The number of anilines is 1. The molecular formula is C32H31NO5. The highest BCUT2D eigenvalue weighted by Gasteiger charge is 2.47. The number of rotatable bonds is 5. The average Bonchev–Trinajstić information content (AvgIpc) is 3.17. The fourth-order valence-electron chi connectivity index (χ4n) is 5.33. The fourth-order valence-corrected chi connectivity index (χ4v) is 5.33. The van der Waals surface area contributed by atoms with E-state index in [4.69, 9.17) is 4.74 Å². The number of ether oxygens (including phenoxy) is 1. The van der Waals surface area contributed by atoms with Gasteiger partial charge in [0.2, 0.25) is 0 Å². The molecule has 1 fully saturated rings. The maximum absolute atomic E-state index is 13.5. The summed E-state index contributed by atoms with van der Waals surface area (Å²) in [5.74, 6) is -2.11. The summed E-state index contributed by atoms with van der Waals surface area (Å²) in [6, 6.07) is 19.0. The van der Waals surface area contributed by atoms with Gasteiger partial charge < -0.3 is 9.84 Å². The molecule has 6 nitrogen and oxygen atoms in total. The summed E-state index contributed by atoms with van der Waals surface area (Å²) in [6.07, 6.45) is 3.91. The van der Waals surface area contributed by atoms with Crippen LogP contribution >= 0.6 is 0 Å². The van der Waals surface area contributed by atoms with Crippen molar-refractivity contribution in [1.82, 2.24) is 0 Å². The lowest BCUT2D eigenvalue weighted by molar-refractivity contribution is -0.132. The van der Waals surface area contributed by atoms with Crippen molar-refractivity contribution in [3.8, 4) is 0 Å². The van der Waals surface area contributed by atoms with E-state index in [0.29, 0.717) is 22.4 Å². The van der Waals surface area contributed by atoms with E-state index in [1.807, 2.05) is 49.4 Å². The first-order chi connectivity index (χ1) is 18.2. The number of fused-ring (bicyclic) bond motifs is 1. The van der Waals surface area contributed by atoms with Gasteiger partial charge in [0, 0.05) is 11.3 Å². The van der Waals surface area contributed by atoms with Crippen molar-refractivity contribution in [1.29, 1.82) is 0 Å². The number of benzene rings is 3. The van der Waals surface area contributed by atoms with E-state index in [9.17, 15) is 19.5 Å². The van der Waals surface area contributed by atoms with Crippen molar-refractivity contribution in [2.45, 2.75) is 58.6 Å². The molecular weight excluding hydrogens is 478 g/mol. The molecule has 0 bridgehead atoms. The number of nitrogens with zero attached hydrogens (tertiary/aromatic N) is 1. The molecule has 5 rings (SSSR count). The van der Waals surface area contributed by atoms with E-state index in [2.05, 4.69) is 0 Å². The Kier molecular flexibility index (Phi) is 6.89. The van der Waals surface area contributed by atoms with Gasteiger partial charge >= 0.3 is 5.97 Å². The molecule has 1 unspecified atom stereocenters. The van der Waals surface area contributed by atoms with Crippen LogP contribution in [0.5, 0.6) is 0 Å². The zero-order chi connectivity index (χ0) is 27.0. The third-order valence-corrected chi connectivity index (χ3v) is 7.15. The first kappa shape index (κ1) is 25.5. The van der Waals surface area contributed by atoms with Crippen LogP contribution < -0.4 is 4.90 Å². The standard InChI is InChI=1S/C32H31NO5/c1-19(2)38-32(37)22-13-15-26(16-14-22)33-28(24-10-6-7-20(3)17-24)27(30(35)31(33)36)29(34)25-12-11-21-8-4-5-9-23(21)18-25/h6-7,10-19,28,34H,4-5,8-9H2,1-3H3/b29-27-. The van der Waals surface area contributed by atoms with Crippen LogP contribution in [0.25, 0.3) is 5.76 Å². The van der Waals surface area contributed by atoms with Crippen molar-refractivity contribution in [3.63, 3.8) is 0 Å². The topological polar surface area (TPSA) is 83.9 Å². The van der Waals surface area contributed by atoms with Crippen molar-refractivity contribution in [3.05, 3.63) is 106 Å². The minimum atomic E-state index is -0.820. The Morgan fingerprint density at radius 2 is 1.61 bits per heavy atom. The number of hydrogen-bond acceptors (Lipinski definition) is 5. The van der Waals surface area contributed by atoms with E-state index < -0.39 is 23.7 Å². The van der Waals surface area contributed by atoms with Gasteiger partial charge in [-0.2, -0.15) is 0 Å². The molecule has 0 aromatic heterocycles. The summed E-state index contributed by atoms with van der Waals surface area (Å²) in [4.78, 5) is 40.7. The summed E-state index contributed by atoms with van der Waals surface area (Å²) in [5.41, 5.74) is 5.50. The Hall–Kier alpha value is -4.19. The summed E-state index contributed by atoms with van der Waals surface area (Å²) in [6.45, 7) is 5.49. The molecule has 6 heteroatoms. The summed E-state index contributed by atoms with van der Waals surface area (Å²) >= 11 is 0. The minimum Gasteiger partial charge on any atom is -0.507 e. The molecule has 1 atom stereocenters. The fraction of sp³-hybridized carbons (Fsp3) is 0.281. The Labute approximate surface area is 222 Å². The molecule has 1 aliphatic carbocycles. The first-order valence-corrected chi connectivity index (χ1v) is 13.1. The smallest absolute Gasteiger partial charge is 0.338 e. The second kappa shape index (κ2) is 10.3. The number of ketones is 1. The number of carbonyl (C=O) groups is 3. The summed E-state index contributed by atoms with van der Waals surface area (Å²) < 4.78 is 5.27. The van der Waals surface area contributed by atoms with Gasteiger partial charge in [-0.1, -0.05) is 42.0 Å². The van der Waals surface area contributed by atoms with Crippen molar-refractivity contribution >= 4 is 29.1 Å². The largest absolute Gasteiger partial charge is 0.507 e. The predicted octanol–water partition coefficient (Wildman–Crippen LogP) is 6.07. The number of aliphatic hydroxyl groups is 1. The van der Waals surface area contributed by atoms with Crippen LogP contribution in [0.2, 0.25) is 0 Å². The third kappa shape index (κ3) is 4.74. The number of aliphatic hydroxyl groups excluding tert-OH is 1. The van der Waals surface area contributed by atoms with Gasteiger partial charge in [-0.25, -0.2) is 4.79 Å². The van der Waals surface area contributed by atoms with E-state index in [0.717, 1.165) is 31.2 Å². The molecule has 0 spiro atoms. The monoisotopic (exact) mass is 509 g/mol. The Bertz CT molecular complexity index is 1450. The molecule has 0 radical (unpaired) electrons. The molecule has 1 amide bonds. The van der Waals surface area contributed by atoms with Gasteiger partial charge in [-0.15, -0.1) is 0 Å². The maximum atomic E-state index is 13.5. The second-order valence-electron chi connectivity index (χ2n) is 10.3. The molecule has 0 saturated carbocycles. The van der Waals surface area contributed by atoms with Crippen LogP contribution in [0.3, 0.4) is 0 Å². The molecule has 38 heavy (non-hydrogen) atoms. The van der Waals surface area contributed by atoms with Crippen LogP contribution in [0.4, 0.5) is 5.69 Å². The average molecular weight is 510 g/mol. The molecule has 194 valence electrons. The Balaban J connectivity index is 1.61. The molecule has 1 heterocycles. The van der Waals surface area contributed by atoms with Crippen LogP contribution in [-0.2, 0) is 27.2 Å². The molecule has 1 N–H and O–H groups in total. The van der Waals surface area contributed by atoms with Crippen molar-refractivity contribution in [2.75, 3.05) is 4.90 Å². The quantitative estimate of drug-likeness (QED) is 0.195. The lowest BCUT2D eigenvalue weighted by Crippen LogP contribution is -2.29. The number of aryl methyl sites for hydroxylation is 3. The zero-order valence-corrected chi connectivity index (χ0v) is 21.9. The van der Waals surface area contributed by atoms with Crippen LogP contribution in [0.15, 0.2) is 72.3 Å². The zero-order valence-electron chi connectivity index (χ0n) is 21.9. The number of amides is 1. The van der Waals surface area contributed by atoms with Crippen LogP contribution in [0, 0.1) is 6.92 Å². The van der Waals surface area contributed by atoms with Crippen molar-refractivity contribution < 1.29 is 24.2 Å². The molecule has 3 aromatic carbocycles. The van der Waals surface area contributed by atoms with E-state index in [1.54, 1.807) is 38.1 Å². The normalized spacial score (nSPS) is 18.5. The van der Waals surface area contributed by atoms with Crippen LogP contribution in [0.1, 0.15) is 70.9 Å². The molecule has 1 saturated heterocycles. The highest BCUT2D eigenvalue weighted by atomic mass is 16.5. The summed E-state index contributed by atoms with van der Waals surface area (Å²) in [5, 5.41) is 11.5. The Morgan fingerprint density at radius 3 is 2.29 bits per heavy atom. The van der Waals surface area contributed by atoms with Gasteiger partial charge in [0.1, 0.15) is 5.76 Å². The first-order valence-electron chi connectivity index (χ1n) is 13.1. The Morgan fingerprint density at radius 1 is 0.921 bits per heavy atom. The van der Waals surface area contributed by atoms with E-state index in [-0.39, 0.29) is 17.4 Å². The highest BCUT2D eigenvalue weighted by molar-refractivity contribution is 6.51. The van der Waals surface area contributed by atoms with Crippen molar-refractivity contribution in [2.24, 2.45) is 0 Å². The molecule has 3 aromatic rings. The van der Waals surface area contributed by atoms with Gasteiger partial charge in [-0.05, 0) is 93.5 Å². The number of carbonyl (C=O) groups excluding carboxylic acids is 3. The van der Waals surface area contributed by atoms with Gasteiger partial charge in [-0.3, -0.25) is 14.5 Å². The maximum Gasteiger partial charge on any atom is 0.338 e. The predicted molar refractivity (Wildman–Crippen MR) is 146 cm³/mol. The van der Waals surface area contributed by atoms with Gasteiger partial charge in [0.25, 0.3) is 11.7 Å². The highest BCUT2D eigenvalue weighted by Crippen LogP contribution is 2.42. The number of esters is 1. The number of Topliss-reactive ketones (excluding diaryl/α,β-unsaturated/α-hetero) is 1. The van der Waals surface area contributed by atoms with Gasteiger partial charge in [0.05, 0.1) is 23.3 Å². The molecule has 1 aliphatic heterocycles. The second-order valence-corrected chi connectivity index (χ2v) is 10.3. The molecule has 2 aliphatic rings. The van der Waals surface area contributed by atoms with E-state index in [1.165, 1.54) is 16.0 Å². The number of hydrogen-bond donors (Lipinski definition) is 1. The summed E-state index contributed by atoms with van der Waals surface area (Å²) in [7, 11) is 0. The van der Waals surface area contributed by atoms with Gasteiger partial charge in [0.15, 0.2) is 0 Å². The lowest BCUT2D eigenvalue weighted by atomic mass is 9.88. The van der Waals surface area contributed by atoms with Crippen LogP contribution in [-0.4, -0.2) is 28.9 Å². The SMILES string of the molecule is Cc1cccc(C2/C(=C(/O)c3ccc4c(c3)CCCC4)C(=O)C(=O)N2c2ccc(C(=O)OC(C)C)cc2)c1. The minimum absolute atomic E-state index is 0.0552. The lowest BCUT2D eigenvalue weighted by Gasteiger charge is -2.26. The van der Waals surface area contributed by atoms with E-state index >= 15 is 0 Å².